The molecular formula is C15H16BrN. The molecule has 0 spiro atoms. The fraction of sp³-hybridized carbons (Fsp3) is 0.200. The van der Waals surface area contributed by atoms with Crippen LogP contribution in [0.15, 0.2) is 40.9 Å². The summed E-state index contributed by atoms with van der Waals surface area (Å²) >= 11 is 3.58. The number of nitrogen functional groups attached to an aromatic ring is 1. The second-order valence-corrected chi connectivity index (χ2v) is 5.26. The van der Waals surface area contributed by atoms with Gasteiger partial charge in [0.25, 0.3) is 0 Å². The number of halogens is 1. The molecule has 0 aliphatic heterocycles. The van der Waals surface area contributed by atoms with Crippen LogP contribution in [0.2, 0.25) is 0 Å². The molecule has 0 bridgehead atoms. The topological polar surface area (TPSA) is 26.0 Å². The average molecular weight is 290 g/mol. The number of benzene rings is 2. The maximum Gasteiger partial charge on any atom is 0.0349 e. The van der Waals surface area contributed by atoms with Gasteiger partial charge in [-0.15, -0.1) is 0 Å². The molecule has 0 aromatic heterocycles. The average Bonchev–Trinajstić information content (AvgIpc) is 2.28. The van der Waals surface area contributed by atoms with Crippen LogP contribution in [0, 0.1) is 13.8 Å². The van der Waals surface area contributed by atoms with Gasteiger partial charge in [0, 0.05) is 10.2 Å². The maximum absolute atomic E-state index is 6.00. The summed E-state index contributed by atoms with van der Waals surface area (Å²) in [6.45, 7) is 4.17. The summed E-state index contributed by atoms with van der Waals surface area (Å²) in [5, 5.41) is 0. The van der Waals surface area contributed by atoms with Gasteiger partial charge in [-0.2, -0.15) is 0 Å². The summed E-state index contributed by atoms with van der Waals surface area (Å²) in [6, 6.07) is 12.6. The first kappa shape index (κ1) is 12.2. The molecule has 17 heavy (non-hydrogen) atoms. The highest BCUT2D eigenvalue weighted by Crippen LogP contribution is 2.24. The van der Waals surface area contributed by atoms with Crippen LogP contribution in [0.5, 0.6) is 0 Å². The van der Waals surface area contributed by atoms with Crippen molar-refractivity contribution in [1.29, 1.82) is 0 Å². The fourth-order valence-corrected chi connectivity index (χ4v) is 2.42. The molecule has 2 heteroatoms. The first-order valence-electron chi connectivity index (χ1n) is 5.67. The lowest BCUT2D eigenvalue weighted by atomic mass is 9.97. The third kappa shape index (κ3) is 2.70. The Morgan fingerprint density at radius 2 is 1.76 bits per heavy atom. The van der Waals surface area contributed by atoms with Gasteiger partial charge in [-0.05, 0) is 54.7 Å². The van der Waals surface area contributed by atoms with Crippen LogP contribution in [0.3, 0.4) is 0 Å². The monoisotopic (exact) mass is 289 g/mol. The molecule has 0 atom stereocenters. The van der Waals surface area contributed by atoms with Gasteiger partial charge in [-0.1, -0.05) is 40.2 Å². The predicted octanol–water partition coefficient (Wildman–Crippen LogP) is 4.24. The molecule has 0 saturated carbocycles. The van der Waals surface area contributed by atoms with Crippen LogP contribution >= 0.6 is 15.9 Å². The van der Waals surface area contributed by atoms with Crippen molar-refractivity contribution in [2.45, 2.75) is 20.3 Å². The Hall–Kier alpha value is -1.28. The molecule has 0 unspecified atom stereocenters. The van der Waals surface area contributed by atoms with Crippen molar-refractivity contribution in [1.82, 2.24) is 0 Å². The van der Waals surface area contributed by atoms with Gasteiger partial charge in [0.2, 0.25) is 0 Å². The first-order valence-corrected chi connectivity index (χ1v) is 6.46. The first-order chi connectivity index (χ1) is 8.08. The minimum absolute atomic E-state index is 0.882. The van der Waals surface area contributed by atoms with Gasteiger partial charge in [0.1, 0.15) is 0 Å². The van der Waals surface area contributed by atoms with Crippen molar-refractivity contribution >= 4 is 21.6 Å². The lowest BCUT2D eigenvalue weighted by Gasteiger charge is -2.11. The Morgan fingerprint density at radius 3 is 2.47 bits per heavy atom. The number of hydrogen-bond donors (Lipinski definition) is 1. The SMILES string of the molecule is Cc1cc(N)c(C)c(Cc2ccccc2Br)c1. The largest absolute Gasteiger partial charge is 0.398 e. The lowest BCUT2D eigenvalue weighted by molar-refractivity contribution is 1.14. The van der Waals surface area contributed by atoms with Crippen molar-refractivity contribution in [3.63, 3.8) is 0 Å². The Bertz CT molecular complexity index is 547. The van der Waals surface area contributed by atoms with Crippen molar-refractivity contribution in [3.05, 3.63) is 63.1 Å². The van der Waals surface area contributed by atoms with Crippen molar-refractivity contribution in [2.75, 3.05) is 5.73 Å². The number of hydrogen-bond acceptors (Lipinski definition) is 1. The summed E-state index contributed by atoms with van der Waals surface area (Å²) < 4.78 is 1.15. The zero-order chi connectivity index (χ0) is 12.4. The van der Waals surface area contributed by atoms with Crippen LogP contribution in [0.4, 0.5) is 5.69 Å². The highest BCUT2D eigenvalue weighted by atomic mass is 79.9. The maximum atomic E-state index is 6.00. The van der Waals surface area contributed by atoms with E-state index in [4.69, 9.17) is 5.73 Å². The van der Waals surface area contributed by atoms with Crippen molar-refractivity contribution < 1.29 is 0 Å². The summed E-state index contributed by atoms with van der Waals surface area (Å²) in [4.78, 5) is 0. The molecule has 0 fully saturated rings. The molecule has 2 N–H and O–H groups in total. The molecule has 2 aromatic carbocycles. The smallest absolute Gasteiger partial charge is 0.0349 e. The van der Waals surface area contributed by atoms with Gasteiger partial charge >= 0.3 is 0 Å². The highest BCUT2D eigenvalue weighted by Gasteiger charge is 2.06. The Morgan fingerprint density at radius 1 is 1.06 bits per heavy atom. The molecule has 0 aliphatic rings. The van der Waals surface area contributed by atoms with Crippen molar-refractivity contribution in [3.8, 4) is 0 Å². The van der Waals surface area contributed by atoms with Gasteiger partial charge in [-0.25, -0.2) is 0 Å². The quantitative estimate of drug-likeness (QED) is 0.823. The molecule has 2 aromatic rings. The van der Waals surface area contributed by atoms with E-state index in [1.54, 1.807) is 0 Å². The number of rotatable bonds is 2. The van der Waals surface area contributed by atoms with Gasteiger partial charge < -0.3 is 5.73 Å². The van der Waals surface area contributed by atoms with Crippen LogP contribution in [-0.4, -0.2) is 0 Å². The molecule has 2 rings (SSSR count). The molecule has 88 valence electrons. The lowest BCUT2D eigenvalue weighted by Crippen LogP contribution is -1.98. The zero-order valence-corrected chi connectivity index (χ0v) is 11.7. The van der Waals surface area contributed by atoms with E-state index in [1.165, 1.54) is 22.3 Å². The predicted molar refractivity (Wildman–Crippen MR) is 77.3 cm³/mol. The molecule has 0 radical (unpaired) electrons. The van der Waals surface area contributed by atoms with E-state index in [0.29, 0.717) is 0 Å². The van der Waals surface area contributed by atoms with E-state index in [0.717, 1.165) is 16.6 Å². The van der Waals surface area contributed by atoms with E-state index >= 15 is 0 Å². The Kier molecular flexibility index (Phi) is 3.53. The standard InChI is InChI=1S/C15H16BrN/c1-10-7-13(11(2)15(17)8-10)9-12-5-3-4-6-14(12)16/h3-8H,9,17H2,1-2H3. The summed E-state index contributed by atoms with van der Waals surface area (Å²) in [5.41, 5.74) is 11.9. The normalized spacial score (nSPS) is 10.5. The van der Waals surface area contributed by atoms with Crippen LogP contribution in [-0.2, 0) is 6.42 Å². The second kappa shape index (κ2) is 4.92. The van der Waals surface area contributed by atoms with E-state index in [2.05, 4.69) is 54.0 Å². The summed E-state index contributed by atoms with van der Waals surface area (Å²) in [5.74, 6) is 0. The molecule has 0 heterocycles. The number of nitrogens with two attached hydrogens (primary N) is 1. The van der Waals surface area contributed by atoms with Crippen LogP contribution < -0.4 is 5.73 Å². The third-order valence-corrected chi connectivity index (χ3v) is 3.81. The Balaban J connectivity index is 2.40. The minimum atomic E-state index is 0.882. The van der Waals surface area contributed by atoms with Crippen molar-refractivity contribution in [2.24, 2.45) is 0 Å². The van der Waals surface area contributed by atoms with Crippen LogP contribution in [0.25, 0.3) is 0 Å². The highest BCUT2D eigenvalue weighted by molar-refractivity contribution is 9.10. The van der Waals surface area contributed by atoms with E-state index < -0.39 is 0 Å². The molecule has 0 aliphatic carbocycles. The van der Waals surface area contributed by atoms with E-state index in [1.807, 2.05) is 12.1 Å². The van der Waals surface area contributed by atoms with E-state index in [-0.39, 0.29) is 0 Å². The Labute approximate surface area is 111 Å². The van der Waals surface area contributed by atoms with E-state index in [9.17, 15) is 0 Å². The minimum Gasteiger partial charge on any atom is -0.398 e. The molecule has 1 nitrogen and oxygen atoms in total. The third-order valence-electron chi connectivity index (χ3n) is 3.04. The van der Waals surface area contributed by atoms with Gasteiger partial charge in [-0.3, -0.25) is 0 Å². The molecule has 0 amide bonds. The number of anilines is 1. The summed E-state index contributed by atoms with van der Waals surface area (Å²) in [7, 11) is 0. The van der Waals surface area contributed by atoms with Gasteiger partial charge in [0.05, 0.1) is 0 Å². The number of aryl methyl sites for hydroxylation is 1. The second-order valence-electron chi connectivity index (χ2n) is 4.41. The zero-order valence-electron chi connectivity index (χ0n) is 10.1. The summed E-state index contributed by atoms with van der Waals surface area (Å²) in [6.07, 6.45) is 0.916. The fourth-order valence-electron chi connectivity index (χ4n) is 1.99. The molecular weight excluding hydrogens is 274 g/mol. The molecule has 0 saturated heterocycles. The van der Waals surface area contributed by atoms with Gasteiger partial charge in [0.15, 0.2) is 0 Å². The van der Waals surface area contributed by atoms with Crippen LogP contribution in [0.1, 0.15) is 22.3 Å².